The Morgan fingerprint density at radius 3 is 2.42 bits per heavy atom. The summed E-state index contributed by atoms with van der Waals surface area (Å²) in [5, 5.41) is 0. The zero-order valence-electron chi connectivity index (χ0n) is 7.46. The lowest BCUT2D eigenvalue weighted by Gasteiger charge is -2.26. The molecule has 3 heteroatoms. The first kappa shape index (κ1) is 9.52. The average molecular weight is 170 g/mol. The van der Waals surface area contributed by atoms with E-state index >= 15 is 0 Å². The number of carbonyl (C=O) groups excluding carboxylic acids is 1. The summed E-state index contributed by atoms with van der Waals surface area (Å²) in [5.74, 6) is 0.263. The van der Waals surface area contributed by atoms with Gasteiger partial charge in [-0.15, -0.1) is 0 Å². The van der Waals surface area contributed by atoms with Crippen molar-refractivity contribution in [3.63, 3.8) is 0 Å². The van der Waals surface area contributed by atoms with Gasteiger partial charge in [0.05, 0.1) is 0 Å². The Balaban J connectivity index is 2.29. The summed E-state index contributed by atoms with van der Waals surface area (Å²) in [6, 6.07) is 0.00259. The Hall–Kier alpha value is -0.570. The molecule has 4 N–H and O–H groups in total. The molecule has 1 fully saturated rings. The fourth-order valence-corrected chi connectivity index (χ4v) is 1.96. The molecule has 0 heterocycles. The largest absolute Gasteiger partial charge is 0.370 e. The van der Waals surface area contributed by atoms with Gasteiger partial charge in [-0.25, -0.2) is 0 Å². The lowest BCUT2D eigenvalue weighted by Crippen LogP contribution is -2.35. The molecule has 0 bridgehead atoms. The van der Waals surface area contributed by atoms with Crippen molar-refractivity contribution < 1.29 is 4.79 Å². The van der Waals surface area contributed by atoms with E-state index in [2.05, 4.69) is 0 Å². The van der Waals surface area contributed by atoms with Crippen LogP contribution in [0, 0.1) is 5.92 Å². The van der Waals surface area contributed by atoms with Gasteiger partial charge in [-0.2, -0.15) is 0 Å². The molecule has 0 radical (unpaired) electrons. The number of primary amides is 1. The summed E-state index contributed by atoms with van der Waals surface area (Å²) in [4.78, 5) is 10.6. The van der Waals surface area contributed by atoms with Gasteiger partial charge in [-0.3, -0.25) is 4.79 Å². The highest BCUT2D eigenvalue weighted by Crippen LogP contribution is 2.26. The number of carbonyl (C=O) groups is 1. The molecule has 1 atom stereocenters. The van der Waals surface area contributed by atoms with Crippen molar-refractivity contribution >= 4 is 5.91 Å². The standard InChI is InChI=1S/C9H18N2O/c10-8(6-9(11)12)7-4-2-1-3-5-7/h7-8H,1-6,10H2,(H2,11,12)/t8-/m0/s1. The van der Waals surface area contributed by atoms with Gasteiger partial charge in [0, 0.05) is 12.5 Å². The third kappa shape index (κ3) is 2.81. The summed E-state index contributed by atoms with van der Waals surface area (Å²) >= 11 is 0. The molecule has 0 saturated heterocycles. The van der Waals surface area contributed by atoms with Gasteiger partial charge in [0.15, 0.2) is 0 Å². The van der Waals surface area contributed by atoms with Gasteiger partial charge in [0.2, 0.25) is 5.91 Å². The molecular formula is C9H18N2O. The normalized spacial score (nSPS) is 22.1. The fraction of sp³-hybridized carbons (Fsp3) is 0.889. The van der Waals surface area contributed by atoms with E-state index in [1.54, 1.807) is 0 Å². The van der Waals surface area contributed by atoms with E-state index in [1.165, 1.54) is 32.1 Å². The van der Waals surface area contributed by atoms with Gasteiger partial charge in [0.1, 0.15) is 0 Å². The number of nitrogens with two attached hydrogens (primary N) is 2. The van der Waals surface area contributed by atoms with Crippen LogP contribution in [0.1, 0.15) is 38.5 Å². The molecule has 1 aliphatic rings. The van der Waals surface area contributed by atoms with Gasteiger partial charge < -0.3 is 11.5 Å². The average Bonchev–Trinajstić information content (AvgIpc) is 2.05. The van der Waals surface area contributed by atoms with Crippen LogP contribution in [0.5, 0.6) is 0 Å². The van der Waals surface area contributed by atoms with Crippen LogP contribution in [0.3, 0.4) is 0 Å². The van der Waals surface area contributed by atoms with E-state index in [0.29, 0.717) is 12.3 Å². The summed E-state index contributed by atoms with van der Waals surface area (Å²) < 4.78 is 0. The maximum Gasteiger partial charge on any atom is 0.218 e. The predicted octanol–water partition coefficient (Wildman–Crippen LogP) is 0.769. The first-order valence-electron chi connectivity index (χ1n) is 4.74. The second kappa shape index (κ2) is 4.45. The summed E-state index contributed by atoms with van der Waals surface area (Å²) in [6.07, 6.45) is 6.54. The van der Waals surface area contributed by atoms with E-state index in [9.17, 15) is 4.79 Å². The van der Waals surface area contributed by atoms with Crippen LogP contribution in [0.4, 0.5) is 0 Å². The lowest BCUT2D eigenvalue weighted by molar-refractivity contribution is -0.118. The van der Waals surface area contributed by atoms with E-state index in [0.717, 1.165) is 0 Å². The van der Waals surface area contributed by atoms with Crippen molar-refractivity contribution in [2.45, 2.75) is 44.6 Å². The third-order valence-electron chi connectivity index (χ3n) is 2.69. The van der Waals surface area contributed by atoms with Crippen molar-refractivity contribution in [2.24, 2.45) is 17.4 Å². The topological polar surface area (TPSA) is 69.1 Å². The molecule has 70 valence electrons. The Bertz CT molecular complexity index is 153. The summed E-state index contributed by atoms with van der Waals surface area (Å²) in [6.45, 7) is 0. The quantitative estimate of drug-likeness (QED) is 0.656. The lowest BCUT2D eigenvalue weighted by atomic mass is 9.83. The molecule has 1 saturated carbocycles. The third-order valence-corrected chi connectivity index (χ3v) is 2.69. The molecule has 3 nitrogen and oxygen atoms in total. The monoisotopic (exact) mass is 170 g/mol. The van der Waals surface area contributed by atoms with Gasteiger partial charge >= 0.3 is 0 Å². The minimum atomic E-state index is -0.270. The zero-order chi connectivity index (χ0) is 8.97. The number of rotatable bonds is 3. The van der Waals surface area contributed by atoms with Crippen molar-refractivity contribution in [3.8, 4) is 0 Å². The van der Waals surface area contributed by atoms with Crippen molar-refractivity contribution in [1.82, 2.24) is 0 Å². The fourth-order valence-electron chi connectivity index (χ4n) is 1.96. The Labute approximate surface area is 73.5 Å². The first-order valence-corrected chi connectivity index (χ1v) is 4.74. The Morgan fingerprint density at radius 2 is 1.92 bits per heavy atom. The molecular weight excluding hydrogens is 152 g/mol. The van der Waals surface area contributed by atoms with E-state index < -0.39 is 0 Å². The van der Waals surface area contributed by atoms with Crippen LogP contribution < -0.4 is 11.5 Å². The molecule has 1 aliphatic carbocycles. The van der Waals surface area contributed by atoms with E-state index in [4.69, 9.17) is 11.5 Å². The summed E-state index contributed by atoms with van der Waals surface area (Å²) in [7, 11) is 0. The predicted molar refractivity (Wildman–Crippen MR) is 48.4 cm³/mol. The molecule has 0 aromatic heterocycles. The minimum absolute atomic E-state index is 0.00259. The molecule has 0 aromatic carbocycles. The second-order valence-electron chi connectivity index (χ2n) is 3.73. The highest BCUT2D eigenvalue weighted by atomic mass is 16.1. The van der Waals surface area contributed by atoms with E-state index in [1.807, 2.05) is 0 Å². The maximum absolute atomic E-state index is 10.6. The number of amides is 1. The number of hydrogen-bond acceptors (Lipinski definition) is 2. The van der Waals surface area contributed by atoms with Crippen LogP contribution in [0.25, 0.3) is 0 Å². The Kier molecular flexibility index (Phi) is 3.53. The molecule has 0 aromatic rings. The van der Waals surface area contributed by atoms with Crippen molar-refractivity contribution in [2.75, 3.05) is 0 Å². The van der Waals surface area contributed by atoms with Crippen LogP contribution in [0.15, 0.2) is 0 Å². The molecule has 0 aliphatic heterocycles. The molecule has 12 heavy (non-hydrogen) atoms. The highest BCUT2D eigenvalue weighted by Gasteiger charge is 2.21. The van der Waals surface area contributed by atoms with Crippen LogP contribution in [-0.2, 0) is 4.79 Å². The molecule has 0 spiro atoms. The van der Waals surface area contributed by atoms with Crippen molar-refractivity contribution in [1.29, 1.82) is 0 Å². The first-order chi connectivity index (χ1) is 5.70. The molecule has 0 unspecified atom stereocenters. The van der Waals surface area contributed by atoms with Gasteiger partial charge in [-0.05, 0) is 18.8 Å². The SMILES string of the molecule is NC(=O)C[C@H](N)C1CCCCC1. The highest BCUT2D eigenvalue weighted by molar-refractivity contribution is 5.74. The zero-order valence-corrected chi connectivity index (χ0v) is 7.46. The van der Waals surface area contributed by atoms with Gasteiger partial charge in [-0.1, -0.05) is 19.3 Å². The maximum atomic E-state index is 10.6. The Morgan fingerprint density at radius 1 is 1.33 bits per heavy atom. The van der Waals surface area contributed by atoms with Crippen LogP contribution in [-0.4, -0.2) is 11.9 Å². The van der Waals surface area contributed by atoms with Crippen LogP contribution >= 0.6 is 0 Å². The van der Waals surface area contributed by atoms with Crippen molar-refractivity contribution in [3.05, 3.63) is 0 Å². The second-order valence-corrected chi connectivity index (χ2v) is 3.73. The van der Waals surface area contributed by atoms with Crippen LogP contribution in [0.2, 0.25) is 0 Å². The smallest absolute Gasteiger partial charge is 0.218 e. The molecule has 1 rings (SSSR count). The minimum Gasteiger partial charge on any atom is -0.370 e. The van der Waals surface area contributed by atoms with Gasteiger partial charge in [0.25, 0.3) is 0 Å². The van der Waals surface area contributed by atoms with E-state index in [-0.39, 0.29) is 11.9 Å². The molecule has 1 amide bonds. The number of hydrogen-bond donors (Lipinski definition) is 2. The summed E-state index contributed by atoms with van der Waals surface area (Å²) in [5.41, 5.74) is 10.9.